The molecule has 51 heteroatoms. The van der Waals surface area contributed by atoms with E-state index in [4.69, 9.17) is 114 Å². The lowest BCUT2D eigenvalue weighted by Crippen LogP contribution is -2.43. The lowest BCUT2D eigenvalue weighted by Gasteiger charge is -2.29. The van der Waals surface area contributed by atoms with Crippen molar-refractivity contribution in [3.8, 4) is 17.2 Å². The van der Waals surface area contributed by atoms with E-state index < -0.39 is 93.2 Å². The summed E-state index contributed by atoms with van der Waals surface area (Å²) in [6, 6.07) is -3.39. The maximum atomic E-state index is 16.2. The van der Waals surface area contributed by atoms with Gasteiger partial charge in [-0.25, -0.2) is 0 Å². The Morgan fingerprint density at radius 1 is 0.244 bits per heavy atom. The van der Waals surface area contributed by atoms with Gasteiger partial charge in [0.2, 0.25) is 0 Å². The number of amides is 6. The predicted octanol–water partition coefficient (Wildman–Crippen LogP) is 3.96. The molecule has 1 aliphatic rings. The van der Waals surface area contributed by atoms with Crippen molar-refractivity contribution in [1.29, 1.82) is 0 Å². The molecule has 0 saturated carbocycles. The van der Waals surface area contributed by atoms with E-state index >= 15 is 14.4 Å². The van der Waals surface area contributed by atoms with Crippen LogP contribution < -0.4 is 30.2 Å². The van der Waals surface area contributed by atoms with Crippen molar-refractivity contribution in [3.05, 3.63) is 77.9 Å². The van der Waals surface area contributed by atoms with Crippen molar-refractivity contribution in [3.63, 3.8) is 0 Å². The Balaban J connectivity index is 1.73. The van der Waals surface area contributed by atoms with Gasteiger partial charge >= 0.3 is 0 Å². The van der Waals surface area contributed by atoms with Gasteiger partial charge in [0.25, 0.3) is 35.4 Å². The van der Waals surface area contributed by atoms with Gasteiger partial charge < -0.3 is 175 Å². The zero-order valence-electron chi connectivity index (χ0n) is 75.8. The van der Waals surface area contributed by atoms with Crippen LogP contribution in [0.1, 0.15) is 62.1 Å². The molecule has 0 fully saturated rings. The molecular formula is C84H127I9N6O36. The molecule has 3 aromatic carbocycles. The van der Waals surface area contributed by atoms with Crippen LogP contribution in [-0.4, -0.2) is 464 Å². The van der Waals surface area contributed by atoms with Gasteiger partial charge in [0.05, 0.1) is 370 Å². The van der Waals surface area contributed by atoms with Crippen LogP contribution >= 0.6 is 203 Å². The first-order valence-corrected chi connectivity index (χ1v) is 52.8. The quantitative estimate of drug-likeness (QED) is 0.0285. The normalized spacial score (nSPS) is 12.5. The summed E-state index contributed by atoms with van der Waals surface area (Å²) in [4.78, 5) is 96.1. The van der Waals surface area contributed by atoms with Crippen LogP contribution in [0.25, 0.3) is 0 Å². The minimum atomic E-state index is -1.13. The van der Waals surface area contributed by atoms with E-state index in [1.54, 1.807) is 21.3 Å². The number of methoxy groups -OCH3 is 3. The number of hydrogen-bond donors (Lipinski definition) is 9. The third-order valence-corrected chi connectivity index (χ3v) is 27.6. The molecule has 0 bridgehead atoms. The summed E-state index contributed by atoms with van der Waals surface area (Å²) >= 11 is 17.3. The maximum absolute atomic E-state index is 16.2. The van der Waals surface area contributed by atoms with Crippen LogP contribution in [0.5, 0.6) is 17.2 Å². The zero-order valence-corrected chi connectivity index (χ0v) is 95.2. The number of rotatable bonds is 81. The van der Waals surface area contributed by atoms with E-state index in [-0.39, 0.29) is 208 Å². The smallest absolute Gasteiger partial charge is 0.260 e. The number of carbonyl (C=O) groups excluding carboxylic acids is 6. The second kappa shape index (κ2) is 80.3. The topological polar surface area (TPSA) is 491 Å². The molecule has 0 aliphatic carbocycles. The van der Waals surface area contributed by atoms with E-state index in [1.807, 2.05) is 203 Å². The van der Waals surface area contributed by atoms with E-state index in [0.717, 1.165) is 0 Å². The van der Waals surface area contributed by atoms with Crippen LogP contribution in [0.2, 0.25) is 0 Å². The molecule has 9 N–H and O–H groups in total. The fourth-order valence-corrected chi connectivity index (χ4v) is 24.5. The number of aliphatic hydroxyl groups excluding tert-OH is 6. The first-order chi connectivity index (χ1) is 65.6. The average molecular weight is 2940 g/mol. The molecular weight excluding hydrogens is 2810 g/mol. The number of hydrogen-bond acceptors (Lipinski definition) is 36. The second-order valence-electron chi connectivity index (χ2n) is 27.8. The van der Waals surface area contributed by atoms with Crippen molar-refractivity contribution in [2.24, 2.45) is 0 Å². The predicted molar refractivity (Wildman–Crippen MR) is 564 cm³/mol. The molecule has 0 atom stereocenters. The summed E-state index contributed by atoms with van der Waals surface area (Å²) in [6.45, 7) is 7.73. The molecule has 3 aromatic rings. The minimum Gasteiger partial charge on any atom is -0.489 e. The molecule has 1 aliphatic heterocycles. The van der Waals surface area contributed by atoms with Gasteiger partial charge in [0.15, 0.2) is 0 Å². The summed E-state index contributed by atoms with van der Waals surface area (Å²) in [7, 11) is 4.82. The highest BCUT2D eigenvalue weighted by Gasteiger charge is 2.38. The molecule has 42 nitrogen and oxygen atoms in total. The average Bonchev–Trinajstić information content (AvgIpc) is 1.37. The summed E-state index contributed by atoms with van der Waals surface area (Å²) in [5.41, 5.74) is -0.393. The highest BCUT2D eigenvalue weighted by Crippen LogP contribution is 2.42. The van der Waals surface area contributed by atoms with E-state index in [1.165, 1.54) is 27.1 Å². The third-order valence-electron chi connectivity index (χ3n) is 18.2. The molecule has 1 heterocycles. The maximum Gasteiger partial charge on any atom is 0.260 e. The van der Waals surface area contributed by atoms with Crippen molar-refractivity contribution in [1.82, 2.24) is 30.7 Å². The molecule has 0 saturated heterocycles. The van der Waals surface area contributed by atoms with Crippen LogP contribution in [0.3, 0.4) is 0 Å². The van der Waals surface area contributed by atoms with Crippen molar-refractivity contribution in [2.75, 3.05) is 365 Å². The van der Waals surface area contributed by atoms with Gasteiger partial charge in [-0.15, -0.1) is 0 Å². The van der Waals surface area contributed by atoms with Gasteiger partial charge in [-0.05, 0) is 203 Å². The molecule has 0 aromatic heterocycles. The first-order valence-electron chi connectivity index (χ1n) is 43.1. The number of nitrogens with zero attached hydrogens (tertiary/aromatic N) is 3. The monoisotopic (exact) mass is 2940 g/mol. The van der Waals surface area contributed by atoms with Crippen LogP contribution in [0.15, 0.2) is 12.4 Å². The third kappa shape index (κ3) is 49.4. The molecule has 135 heavy (non-hydrogen) atoms. The summed E-state index contributed by atoms with van der Waals surface area (Å²) in [5, 5.41) is 69.2. The van der Waals surface area contributed by atoms with Crippen molar-refractivity contribution < 1.29 is 173 Å². The number of aliphatic hydroxyl groups is 6. The molecule has 0 radical (unpaired) electrons. The van der Waals surface area contributed by atoms with Crippen molar-refractivity contribution in [2.45, 2.75) is 18.1 Å². The Morgan fingerprint density at radius 3 is 0.585 bits per heavy atom. The molecule has 0 unspecified atom stereocenters. The van der Waals surface area contributed by atoms with Crippen LogP contribution in [-0.2, 0) is 99.5 Å². The SMILES string of the molecule is COCCOCCOCCOCCOCCOCCOCCOc1c(I)c(C(=O)NC(CO)CO)c(I)c(C(=O)N2C=CN(C(=O)c3c(I)c(OCCOCCOCCOCCOCCOCCOCCOC)c(I)c(C(=O)NC(CO)CO)c3I)CCN(C(=O)c3c(I)c(OCCOCCOCCOCCOCCOCCOCCOC)c(I)c(C(=O)NC(CO)CO)c3I)CC2)c1I. The highest BCUT2D eigenvalue weighted by molar-refractivity contribution is 14.1. The number of nitrogens with one attached hydrogen (secondary N) is 3. The first kappa shape index (κ1) is 126. The lowest BCUT2D eigenvalue weighted by atomic mass is 10.1. The number of carbonyl (C=O) groups is 6. The summed E-state index contributed by atoms with van der Waals surface area (Å²) < 4.78 is 137. The fourth-order valence-electron chi connectivity index (χ4n) is 11.2. The lowest BCUT2D eigenvalue weighted by molar-refractivity contribution is -0.0199. The second-order valence-corrected chi connectivity index (χ2v) is 37.5. The Hall–Kier alpha value is -0.890. The Morgan fingerprint density at radius 2 is 0.407 bits per heavy atom. The van der Waals surface area contributed by atoms with E-state index in [0.29, 0.717) is 178 Å². The van der Waals surface area contributed by atoms with E-state index in [2.05, 4.69) is 16.0 Å². The number of ether oxygens (including phenoxy) is 24. The standard InChI is InChI=1S/C84H127I9N6O36/c1-112-10-13-115-16-19-118-22-25-121-28-31-124-34-37-127-40-43-130-46-49-133-76-70(88)61(79(106)94-58(52-100)53-101)67(85)64(73(76)91)82(109)97-4-6-98(83(110)65-68(86)62(80(107)95-59(54-102)55-103)71(89)77(74(65)92)134-50-47-131-44-41-128-38-35-125-32-29-122-26-23-119-20-17-116-14-11-113-2)8-9-99(7-5-97)84(111)66-69(87)63(81(108)96-60(56-104)57-105)72(90)78(75(66)93)135-51-48-132-45-42-129-39-36-126-33-30-123-27-24-120-21-18-117-15-12-114-3/h4,6,58-60,100-105H,5,7-57H2,1-3H3,(H,94,106)(H,95,107)(H,96,108). The minimum absolute atomic E-state index is 0.0120. The Bertz CT molecular complexity index is 3700. The zero-order chi connectivity index (χ0) is 98.6. The molecule has 0 spiro atoms. The largest absolute Gasteiger partial charge is 0.489 e. The fraction of sp³-hybridized carbons (Fsp3) is 0.690. The van der Waals surface area contributed by atoms with Gasteiger partial charge in [0.1, 0.15) is 37.1 Å². The van der Waals surface area contributed by atoms with Gasteiger partial charge in [-0.3, -0.25) is 28.8 Å². The van der Waals surface area contributed by atoms with Crippen LogP contribution in [0.4, 0.5) is 0 Å². The number of halogens is 9. The number of benzene rings is 3. The van der Waals surface area contributed by atoms with Gasteiger partial charge in [-0.1, -0.05) is 0 Å². The highest BCUT2D eigenvalue weighted by atomic mass is 127. The summed E-state index contributed by atoms with van der Waals surface area (Å²) in [6.07, 6.45) is 2.67. The molecule has 6 amide bonds. The van der Waals surface area contributed by atoms with Gasteiger partial charge in [0, 0.05) is 70.6 Å². The molecule has 772 valence electrons. The van der Waals surface area contributed by atoms with Crippen molar-refractivity contribution >= 4 is 239 Å². The Labute approximate surface area is 910 Å². The summed E-state index contributed by atoms with van der Waals surface area (Å²) in [5.74, 6) is -4.37. The van der Waals surface area contributed by atoms with Gasteiger partial charge in [-0.2, -0.15) is 0 Å². The molecule has 4 rings (SSSR count). The van der Waals surface area contributed by atoms with Crippen LogP contribution in [0, 0.1) is 32.1 Å². The Kier molecular flexibility index (Phi) is 75.2. The van der Waals surface area contributed by atoms with E-state index in [9.17, 15) is 45.0 Å².